The highest BCUT2D eigenvalue weighted by atomic mass is 35.5. The van der Waals surface area contributed by atoms with Crippen LogP contribution in [0.2, 0.25) is 0 Å². The fourth-order valence-corrected chi connectivity index (χ4v) is 1.48. The molecule has 0 fully saturated rings. The predicted octanol–water partition coefficient (Wildman–Crippen LogP) is 2.50. The van der Waals surface area contributed by atoms with E-state index < -0.39 is 5.97 Å². The van der Waals surface area contributed by atoms with Crippen molar-refractivity contribution in [3.8, 4) is 0 Å². The van der Waals surface area contributed by atoms with Gasteiger partial charge in [-0.25, -0.2) is 4.79 Å². The van der Waals surface area contributed by atoms with Crippen LogP contribution >= 0.6 is 11.6 Å². The first-order valence-corrected chi connectivity index (χ1v) is 4.84. The van der Waals surface area contributed by atoms with Gasteiger partial charge in [-0.3, -0.25) is 0 Å². The van der Waals surface area contributed by atoms with Crippen LogP contribution in [0.3, 0.4) is 0 Å². The van der Waals surface area contributed by atoms with Crippen LogP contribution in [0.1, 0.15) is 11.1 Å². The zero-order valence-corrected chi connectivity index (χ0v) is 8.99. The highest BCUT2D eigenvalue weighted by Crippen LogP contribution is 2.21. The molecular weight excluding hydrogens is 216 g/mol. The third-order valence-corrected chi connectivity index (χ3v) is 2.21. The number of carboxylic acid groups (broad SMARTS) is 1. The molecule has 1 aromatic rings. The van der Waals surface area contributed by atoms with Crippen LogP contribution in [-0.4, -0.2) is 18.2 Å². The normalized spacial score (nSPS) is 11.2. The van der Waals surface area contributed by atoms with Gasteiger partial charge < -0.3 is 9.84 Å². The molecule has 0 heterocycles. The summed E-state index contributed by atoms with van der Waals surface area (Å²) in [5, 5.41) is 8.99. The van der Waals surface area contributed by atoms with Crippen molar-refractivity contribution < 1.29 is 14.6 Å². The van der Waals surface area contributed by atoms with E-state index in [0.29, 0.717) is 5.56 Å². The van der Waals surface area contributed by atoms with Crippen molar-refractivity contribution in [1.82, 2.24) is 0 Å². The van der Waals surface area contributed by atoms with E-state index in [4.69, 9.17) is 21.4 Å². The van der Waals surface area contributed by atoms with Crippen LogP contribution in [0, 0.1) is 0 Å². The lowest BCUT2D eigenvalue weighted by atomic mass is 10.0. The van der Waals surface area contributed by atoms with Gasteiger partial charge in [-0.2, -0.15) is 0 Å². The zero-order chi connectivity index (χ0) is 11.3. The smallest absolute Gasteiger partial charge is 0.339 e. The lowest BCUT2D eigenvalue weighted by Gasteiger charge is -2.07. The van der Waals surface area contributed by atoms with Crippen LogP contribution in [-0.2, 0) is 15.4 Å². The molecule has 0 aromatic heterocycles. The lowest BCUT2D eigenvalue weighted by Crippen LogP contribution is -2.02. The van der Waals surface area contributed by atoms with E-state index in [1.54, 1.807) is 18.2 Å². The van der Waals surface area contributed by atoms with Crippen molar-refractivity contribution in [2.45, 2.75) is 5.88 Å². The van der Waals surface area contributed by atoms with E-state index in [-0.39, 0.29) is 11.5 Å². The van der Waals surface area contributed by atoms with Crippen molar-refractivity contribution in [3.05, 3.63) is 41.7 Å². The Labute approximate surface area is 92.9 Å². The third kappa shape index (κ3) is 2.73. The van der Waals surface area contributed by atoms with Gasteiger partial charge in [0.15, 0.2) is 0 Å². The molecule has 0 saturated carbocycles. The molecule has 0 bridgehead atoms. The van der Waals surface area contributed by atoms with E-state index in [9.17, 15) is 4.79 Å². The number of carbonyl (C=O) groups is 1. The average molecular weight is 227 g/mol. The van der Waals surface area contributed by atoms with Gasteiger partial charge in [-0.1, -0.05) is 24.3 Å². The molecule has 0 amide bonds. The minimum Gasteiger partial charge on any atom is -0.503 e. The highest BCUT2D eigenvalue weighted by Gasteiger charge is 2.13. The maximum absolute atomic E-state index is 11.0. The Morgan fingerprint density at radius 1 is 1.53 bits per heavy atom. The summed E-state index contributed by atoms with van der Waals surface area (Å²) in [5.41, 5.74) is 1.46. The molecule has 0 radical (unpaired) electrons. The van der Waals surface area contributed by atoms with Crippen LogP contribution in [0.4, 0.5) is 0 Å². The molecule has 0 unspecified atom stereocenters. The SMILES string of the molecule is CO/C=C(/C(=O)O)c1ccccc1CCl. The van der Waals surface area contributed by atoms with Crippen LogP contribution in [0.5, 0.6) is 0 Å². The summed E-state index contributed by atoms with van der Waals surface area (Å²) in [4.78, 5) is 11.0. The molecule has 3 nitrogen and oxygen atoms in total. The molecule has 80 valence electrons. The van der Waals surface area contributed by atoms with Crippen LogP contribution < -0.4 is 0 Å². The Morgan fingerprint density at radius 3 is 2.73 bits per heavy atom. The first-order chi connectivity index (χ1) is 7.20. The Kier molecular flexibility index (Phi) is 4.18. The number of halogens is 1. The topological polar surface area (TPSA) is 46.5 Å². The average Bonchev–Trinajstić information content (AvgIpc) is 2.25. The number of hydrogen-bond acceptors (Lipinski definition) is 2. The molecule has 0 saturated heterocycles. The molecular formula is C11H11ClO3. The quantitative estimate of drug-likeness (QED) is 0.488. The first-order valence-electron chi connectivity index (χ1n) is 4.31. The summed E-state index contributed by atoms with van der Waals surface area (Å²) < 4.78 is 4.73. The molecule has 15 heavy (non-hydrogen) atoms. The fourth-order valence-electron chi connectivity index (χ4n) is 1.25. The zero-order valence-electron chi connectivity index (χ0n) is 8.24. The van der Waals surface area contributed by atoms with Gasteiger partial charge in [0.2, 0.25) is 0 Å². The first kappa shape index (κ1) is 11.6. The molecule has 4 heteroatoms. The summed E-state index contributed by atoms with van der Waals surface area (Å²) in [6, 6.07) is 7.07. The van der Waals surface area contributed by atoms with E-state index >= 15 is 0 Å². The summed E-state index contributed by atoms with van der Waals surface area (Å²) >= 11 is 5.72. The largest absolute Gasteiger partial charge is 0.503 e. The summed E-state index contributed by atoms with van der Waals surface area (Å²) in [6.45, 7) is 0. The Balaban J connectivity index is 3.22. The van der Waals surface area contributed by atoms with Gasteiger partial charge >= 0.3 is 5.97 Å². The second-order valence-electron chi connectivity index (χ2n) is 2.86. The lowest BCUT2D eigenvalue weighted by molar-refractivity contribution is -0.130. The number of rotatable bonds is 4. The molecule has 0 aliphatic carbocycles. The maximum Gasteiger partial charge on any atom is 0.339 e. The molecule has 0 aliphatic rings. The minimum absolute atomic E-state index is 0.105. The molecule has 0 atom stereocenters. The fraction of sp³-hybridized carbons (Fsp3) is 0.182. The van der Waals surface area contributed by atoms with Gasteiger partial charge in [0.05, 0.1) is 13.4 Å². The number of aliphatic carboxylic acids is 1. The summed E-state index contributed by atoms with van der Waals surface area (Å²) in [7, 11) is 1.41. The number of hydrogen-bond donors (Lipinski definition) is 1. The second kappa shape index (κ2) is 5.41. The number of ether oxygens (including phenoxy) is 1. The van der Waals surface area contributed by atoms with Crippen LogP contribution in [0.25, 0.3) is 5.57 Å². The van der Waals surface area contributed by atoms with Gasteiger partial charge in [-0.05, 0) is 11.1 Å². The van der Waals surface area contributed by atoms with E-state index in [2.05, 4.69) is 0 Å². The summed E-state index contributed by atoms with van der Waals surface area (Å²) in [6.07, 6.45) is 1.20. The van der Waals surface area contributed by atoms with Crippen molar-refractivity contribution in [1.29, 1.82) is 0 Å². The molecule has 1 N–H and O–H groups in total. The second-order valence-corrected chi connectivity index (χ2v) is 3.13. The number of carboxylic acids is 1. The van der Waals surface area contributed by atoms with Crippen LogP contribution in [0.15, 0.2) is 30.5 Å². The molecule has 0 spiro atoms. The summed E-state index contributed by atoms with van der Waals surface area (Å²) in [5.74, 6) is -0.765. The standard InChI is InChI=1S/C11H11ClO3/c1-15-7-10(11(13)14)9-5-3-2-4-8(9)6-12/h2-5,7H,6H2,1H3,(H,13,14)/b10-7+. The number of methoxy groups -OCH3 is 1. The van der Waals surface area contributed by atoms with E-state index in [0.717, 1.165) is 5.56 Å². The van der Waals surface area contributed by atoms with E-state index in [1.807, 2.05) is 6.07 Å². The third-order valence-electron chi connectivity index (χ3n) is 1.92. The molecule has 0 aliphatic heterocycles. The molecule has 1 rings (SSSR count). The minimum atomic E-state index is -1.03. The monoisotopic (exact) mass is 226 g/mol. The van der Waals surface area contributed by atoms with E-state index in [1.165, 1.54) is 13.4 Å². The maximum atomic E-state index is 11.0. The molecule has 1 aromatic carbocycles. The Morgan fingerprint density at radius 2 is 2.20 bits per heavy atom. The van der Waals surface area contributed by atoms with Crippen molar-refractivity contribution in [2.24, 2.45) is 0 Å². The van der Waals surface area contributed by atoms with Crippen molar-refractivity contribution in [2.75, 3.05) is 7.11 Å². The number of benzene rings is 1. The van der Waals surface area contributed by atoms with Gasteiger partial charge in [0.1, 0.15) is 5.57 Å². The van der Waals surface area contributed by atoms with Crippen molar-refractivity contribution >= 4 is 23.1 Å². The van der Waals surface area contributed by atoms with Crippen molar-refractivity contribution in [3.63, 3.8) is 0 Å². The predicted molar refractivity (Wildman–Crippen MR) is 58.6 cm³/mol. The van der Waals surface area contributed by atoms with Gasteiger partial charge in [0.25, 0.3) is 0 Å². The number of alkyl halides is 1. The highest BCUT2D eigenvalue weighted by molar-refractivity contribution is 6.19. The Hall–Kier alpha value is -1.48. The Bertz CT molecular complexity index is 385. The van der Waals surface area contributed by atoms with Gasteiger partial charge in [0, 0.05) is 5.88 Å². The van der Waals surface area contributed by atoms with Gasteiger partial charge in [-0.15, -0.1) is 11.6 Å².